The molecule has 0 aliphatic carbocycles. The highest BCUT2D eigenvalue weighted by molar-refractivity contribution is 9.10. The molecule has 33 heavy (non-hydrogen) atoms. The number of nitrogens with zero attached hydrogens (tertiary/aromatic N) is 4. The molecule has 2 aliphatic rings. The number of hydrogen-bond donors (Lipinski definition) is 2. The normalized spacial score (nSPS) is 22.2. The molecule has 4 rings (SSSR count). The van der Waals surface area contributed by atoms with Crippen molar-refractivity contribution in [1.82, 2.24) is 15.1 Å². The van der Waals surface area contributed by atoms with Crippen LogP contribution in [0.15, 0.2) is 53.0 Å². The highest BCUT2D eigenvalue weighted by atomic mass is 79.9. The molecule has 172 valence electrons. The number of urea groups is 1. The van der Waals surface area contributed by atoms with Crippen molar-refractivity contribution in [2.24, 2.45) is 0 Å². The zero-order valence-electron chi connectivity index (χ0n) is 18.4. The maximum Gasteiger partial charge on any atom is 0.325 e. The topological polar surface area (TPSA) is 99.9 Å². The Labute approximate surface area is 201 Å². The number of β-amino-alcohol motifs (C(OH)–C–C–N with tert-alkyl or cyclic N) is 1. The lowest BCUT2D eigenvalue weighted by molar-refractivity contribution is -0.132. The number of hydrogen-bond acceptors (Lipinski definition) is 6. The number of halogens is 1. The minimum atomic E-state index is -1.16. The number of amides is 3. The van der Waals surface area contributed by atoms with Crippen molar-refractivity contribution in [1.29, 1.82) is 5.26 Å². The van der Waals surface area contributed by atoms with Gasteiger partial charge >= 0.3 is 6.03 Å². The van der Waals surface area contributed by atoms with Gasteiger partial charge in [-0.3, -0.25) is 14.6 Å². The molecule has 0 radical (unpaired) electrons. The molecule has 2 atom stereocenters. The van der Waals surface area contributed by atoms with Crippen LogP contribution in [-0.2, 0) is 10.3 Å². The third-order valence-electron chi connectivity index (χ3n) is 6.30. The van der Waals surface area contributed by atoms with Crippen molar-refractivity contribution in [3.05, 3.63) is 64.1 Å². The molecule has 8 nitrogen and oxygen atoms in total. The van der Waals surface area contributed by atoms with E-state index in [1.807, 2.05) is 36.4 Å². The zero-order valence-corrected chi connectivity index (χ0v) is 20.0. The number of nitriles is 1. The molecule has 2 N–H and O–H groups in total. The summed E-state index contributed by atoms with van der Waals surface area (Å²) in [4.78, 5) is 31.0. The molecule has 0 bridgehead atoms. The fraction of sp³-hybridized carbons (Fsp3) is 0.375. The maximum atomic E-state index is 13.1. The number of anilines is 1. The van der Waals surface area contributed by atoms with E-state index in [2.05, 4.69) is 37.1 Å². The van der Waals surface area contributed by atoms with Crippen LogP contribution >= 0.6 is 15.9 Å². The number of imide groups is 1. The summed E-state index contributed by atoms with van der Waals surface area (Å²) in [5, 5.41) is 22.8. The lowest BCUT2D eigenvalue weighted by atomic mass is 9.92. The van der Waals surface area contributed by atoms with Gasteiger partial charge in [0, 0.05) is 37.2 Å². The highest BCUT2D eigenvalue weighted by Gasteiger charge is 2.49. The van der Waals surface area contributed by atoms with E-state index in [1.165, 1.54) is 0 Å². The largest absolute Gasteiger partial charge is 0.390 e. The predicted octanol–water partition coefficient (Wildman–Crippen LogP) is 2.27. The average Bonchev–Trinajstić information content (AvgIpc) is 3.03. The van der Waals surface area contributed by atoms with Crippen LogP contribution in [0, 0.1) is 11.3 Å². The Morgan fingerprint density at radius 1 is 1.09 bits per heavy atom. The van der Waals surface area contributed by atoms with E-state index in [0.717, 1.165) is 28.1 Å². The average molecular weight is 512 g/mol. The van der Waals surface area contributed by atoms with E-state index in [4.69, 9.17) is 0 Å². The molecule has 2 aromatic rings. The van der Waals surface area contributed by atoms with Crippen molar-refractivity contribution in [3.63, 3.8) is 0 Å². The van der Waals surface area contributed by atoms with Gasteiger partial charge in [-0.05, 0) is 36.8 Å². The minimum absolute atomic E-state index is 0.0612. The smallest absolute Gasteiger partial charge is 0.325 e. The summed E-state index contributed by atoms with van der Waals surface area (Å²) in [6.07, 6.45) is -0.857. The van der Waals surface area contributed by atoms with Crippen LogP contribution in [0.4, 0.5) is 10.5 Å². The van der Waals surface area contributed by atoms with Crippen molar-refractivity contribution in [2.75, 3.05) is 44.2 Å². The van der Waals surface area contributed by atoms with Crippen LogP contribution in [0.2, 0.25) is 0 Å². The number of nitrogens with one attached hydrogen (secondary N) is 1. The molecule has 2 saturated heterocycles. The van der Waals surface area contributed by atoms with Crippen LogP contribution in [0.1, 0.15) is 18.1 Å². The standard InChI is InChI=1S/C24H26BrN5O3/c1-24(18-6-8-19(25)9-7-18)22(32)30(23(33)27-24)16-20(31)15-28-10-12-29(13-11-28)21-5-3-2-4-17(21)14-26/h2-9,20,31H,10-13,15-16H2,1H3,(H,27,33). The third kappa shape index (κ3) is 4.74. The Bertz CT molecular complexity index is 1080. The van der Waals surface area contributed by atoms with E-state index < -0.39 is 17.7 Å². The quantitative estimate of drug-likeness (QED) is 0.577. The van der Waals surface area contributed by atoms with Crippen molar-refractivity contribution < 1.29 is 14.7 Å². The number of carbonyl (C=O) groups excluding carboxylic acids is 2. The molecule has 2 unspecified atom stereocenters. The Balaban J connectivity index is 1.33. The van der Waals surface area contributed by atoms with Gasteiger partial charge in [0.25, 0.3) is 5.91 Å². The molecule has 2 aromatic carbocycles. The second-order valence-corrected chi connectivity index (χ2v) is 9.46. The van der Waals surface area contributed by atoms with Crippen LogP contribution in [0.5, 0.6) is 0 Å². The summed E-state index contributed by atoms with van der Waals surface area (Å²) >= 11 is 3.38. The SMILES string of the molecule is CC1(c2ccc(Br)cc2)NC(=O)N(CC(O)CN2CCN(c3ccccc3C#N)CC2)C1=O. The van der Waals surface area contributed by atoms with Gasteiger partial charge < -0.3 is 15.3 Å². The monoisotopic (exact) mass is 511 g/mol. The molecule has 0 aromatic heterocycles. The molecular weight excluding hydrogens is 486 g/mol. The lowest BCUT2D eigenvalue weighted by Gasteiger charge is -2.37. The second-order valence-electron chi connectivity index (χ2n) is 8.55. The first-order valence-corrected chi connectivity index (χ1v) is 11.7. The number of aliphatic hydroxyl groups is 1. The fourth-order valence-corrected chi connectivity index (χ4v) is 4.69. The summed E-state index contributed by atoms with van der Waals surface area (Å²) in [6, 6.07) is 16.5. The summed E-state index contributed by atoms with van der Waals surface area (Å²) in [7, 11) is 0. The predicted molar refractivity (Wildman–Crippen MR) is 128 cm³/mol. The molecule has 9 heteroatoms. The Morgan fingerprint density at radius 2 is 1.76 bits per heavy atom. The Kier molecular flexibility index (Phi) is 6.70. The molecule has 2 heterocycles. The van der Waals surface area contributed by atoms with Crippen LogP contribution in [0.25, 0.3) is 0 Å². The summed E-state index contributed by atoms with van der Waals surface area (Å²) in [6.45, 7) is 4.88. The van der Waals surface area contributed by atoms with Crippen molar-refractivity contribution in [2.45, 2.75) is 18.6 Å². The minimum Gasteiger partial charge on any atom is -0.390 e. The molecule has 2 fully saturated rings. The second kappa shape index (κ2) is 9.51. The number of rotatable bonds is 6. The molecule has 2 aliphatic heterocycles. The lowest BCUT2D eigenvalue weighted by Crippen LogP contribution is -2.51. The molecule has 0 saturated carbocycles. The van der Waals surface area contributed by atoms with Gasteiger partial charge in [0.15, 0.2) is 0 Å². The van der Waals surface area contributed by atoms with Crippen LogP contribution in [0.3, 0.4) is 0 Å². The first-order chi connectivity index (χ1) is 15.8. The van der Waals surface area contributed by atoms with Gasteiger partial charge in [-0.25, -0.2) is 4.79 Å². The van der Waals surface area contributed by atoms with Gasteiger partial charge in [-0.1, -0.05) is 40.2 Å². The van der Waals surface area contributed by atoms with E-state index in [-0.39, 0.29) is 12.5 Å². The van der Waals surface area contributed by atoms with Crippen LogP contribution < -0.4 is 10.2 Å². The van der Waals surface area contributed by atoms with Gasteiger partial charge in [0.2, 0.25) is 0 Å². The Hall–Kier alpha value is -2.93. The van der Waals surface area contributed by atoms with E-state index in [9.17, 15) is 20.0 Å². The molecular formula is C24H26BrN5O3. The summed E-state index contributed by atoms with van der Waals surface area (Å²) in [5.41, 5.74) is 1.11. The summed E-state index contributed by atoms with van der Waals surface area (Å²) < 4.78 is 0.884. The first-order valence-electron chi connectivity index (χ1n) is 10.9. The van der Waals surface area contributed by atoms with Crippen molar-refractivity contribution >= 4 is 33.6 Å². The number of para-hydroxylation sites is 1. The summed E-state index contributed by atoms with van der Waals surface area (Å²) in [5.74, 6) is -0.369. The van der Waals surface area contributed by atoms with Gasteiger partial charge in [0.05, 0.1) is 23.9 Å². The van der Waals surface area contributed by atoms with Crippen molar-refractivity contribution in [3.8, 4) is 6.07 Å². The van der Waals surface area contributed by atoms with E-state index in [1.54, 1.807) is 19.1 Å². The highest BCUT2D eigenvalue weighted by Crippen LogP contribution is 2.30. The van der Waals surface area contributed by atoms with E-state index >= 15 is 0 Å². The zero-order chi connectivity index (χ0) is 23.6. The van der Waals surface area contributed by atoms with Gasteiger partial charge in [-0.2, -0.15) is 5.26 Å². The van der Waals surface area contributed by atoms with E-state index in [0.29, 0.717) is 30.8 Å². The van der Waals surface area contributed by atoms with Gasteiger partial charge in [0.1, 0.15) is 11.6 Å². The Morgan fingerprint density at radius 3 is 2.42 bits per heavy atom. The van der Waals surface area contributed by atoms with Gasteiger partial charge in [-0.15, -0.1) is 0 Å². The molecule has 0 spiro atoms. The maximum absolute atomic E-state index is 13.1. The first kappa shape index (κ1) is 23.2. The number of aliphatic hydroxyl groups excluding tert-OH is 1. The number of piperazine rings is 1. The molecule has 3 amide bonds. The number of benzene rings is 2. The fourth-order valence-electron chi connectivity index (χ4n) is 4.42. The third-order valence-corrected chi connectivity index (χ3v) is 6.82. The number of carbonyl (C=O) groups is 2. The van der Waals surface area contributed by atoms with Crippen LogP contribution in [-0.4, -0.2) is 72.2 Å².